The number of hydrogen-bond acceptors (Lipinski definition) is 2. The molecule has 0 aliphatic heterocycles. The van der Waals surface area contributed by atoms with Crippen LogP contribution in [0.3, 0.4) is 0 Å². The van der Waals surface area contributed by atoms with Crippen molar-refractivity contribution < 1.29 is 4.79 Å². The second kappa shape index (κ2) is 6.67. The van der Waals surface area contributed by atoms with E-state index < -0.39 is 0 Å². The maximum absolute atomic E-state index is 12.6. The first-order valence-electron chi connectivity index (χ1n) is 7.24. The summed E-state index contributed by atoms with van der Waals surface area (Å²) in [4.78, 5) is 17.0. The van der Waals surface area contributed by atoms with Crippen LogP contribution in [-0.4, -0.2) is 15.5 Å². The first-order chi connectivity index (χ1) is 11.2. The van der Waals surface area contributed by atoms with Crippen molar-refractivity contribution in [3.05, 3.63) is 89.0 Å². The number of nitrogens with one attached hydrogen (secondary N) is 1. The van der Waals surface area contributed by atoms with E-state index in [9.17, 15) is 4.79 Å². The Bertz CT molecular complexity index is 814. The molecule has 1 unspecified atom stereocenters. The Morgan fingerprint density at radius 1 is 1.13 bits per heavy atom. The second-order valence-electron chi connectivity index (χ2n) is 5.19. The lowest BCUT2D eigenvalue weighted by Crippen LogP contribution is -2.31. The number of carbonyl (C=O) groups excluding carboxylic acids is 1. The number of imidazole rings is 1. The predicted molar refractivity (Wildman–Crippen MR) is 90.4 cm³/mol. The molecule has 0 fully saturated rings. The second-order valence-corrected chi connectivity index (χ2v) is 5.60. The maximum atomic E-state index is 12.6. The van der Waals surface area contributed by atoms with Gasteiger partial charge < -0.3 is 9.88 Å². The summed E-state index contributed by atoms with van der Waals surface area (Å²) in [5.41, 5.74) is 1.41. The molecule has 0 saturated heterocycles. The van der Waals surface area contributed by atoms with E-state index in [4.69, 9.17) is 11.6 Å². The largest absolute Gasteiger partial charge is 0.338 e. The molecule has 1 aromatic heterocycles. The maximum Gasteiger partial charge on any atom is 0.253 e. The average molecular weight is 326 g/mol. The molecule has 1 N–H and O–H groups in total. The Kier molecular flexibility index (Phi) is 4.44. The van der Waals surface area contributed by atoms with Gasteiger partial charge in [0.25, 0.3) is 5.91 Å². The lowest BCUT2D eigenvalue weighted by atomic mass is 10.1. The molecule has 0 bridgehead atoms. The van der Waals surface area contributed by atoms with Crippen LogP contribution in [0.15, 0.2) is 67.0 Å². The summed E-state index contributed by atoms with van der Waals surface area (Å²) in [5.74, 6) is 0.532. The normalized spacial score (nSPS) is 11.9. The van der Waals surface area contributed by atoms with Crippen LogP contribution >= 0.6 is 11.6 Å². The third-order valence-corrected chi connectivity index (χ3v) is 3.97. The van der Waals surface area contributed by atoms with E-state index in [0.717, 1.165) is 11.4 Å². The number of halogens is 1. The summed E-state index contributed by atoms with van der Waals surface area (Å²) in [6, 6.07) is 16.4. The van der Waals surface area contributed by atoms with E-state index in [1.165, 1.54) is 0 Å². The van der Waals surface area contributed by atoms with Gasteiger partial charge in [-0.15, -0.1) is 0 Å². The summed E-state index contributed by atoms with van der Waals surface area (Å²) >= 11 is 6.12. The van der Waals surface area contributed by atoms with Gasteiger partial charge in [-0.25, -0.2) is 4.98 Å². The Hall–Kier alpha value is -2.59. The van der Waals surface area contributed by atoms with Crippen molar-refractivity contribution in [2.75, 3.05) is 0 Å². The van der Waals surface area contributed by atoms with Gasteiger partial charge in [0.1, 0.15) is 11.9 Å². The number of carbonyl (C=O) groups is 1. The molecule has 3 aromatic rings. The van der Waals surface area contributed by atoms with E-state index >= 15 is 0 Å². The average Bonchev–Trinajstić information content (AvgIpc) is 2.99. The number of aromatic nitrogens is 2. The number of amides is 1. The molecule has 1 amide bonds. The molecule has 23 heavy (non-hydrogen) atoms. The summed E-state index contributed by atoms with van der Waals surface area (Å²) in [6.45, 7) is 0. The summed E-state index contributed by atoms with van der Waals surface area (Å²) in [7, 11) is 1.90. The highest BCUT2D eigenvalue weighted by molar-refractivity contribution is 6.33. The first kappa shape index (κ1) is 15.3. The topological polar surface area (TPSA) is 46.9 Å². The van der Waals surface area contributed by atoms with Crippen molar-refractivity contribution in [3.63, 3.8) is 0 Å². The molecule has 0 spiro atoms. The van der Waals surface area contributed by atoms with Crippen LogP contribution in [0.25, 0.3) is 0 Å². The zero-order chi connectivity index (χ0) is 16.2. The number of nitrogens with zero attached hydrogens (tertiary/aromatic N) is 2. The van der Waals surface area contributed by atoms with Crippen LogP contribution in [0, 0.1) is 0 Å². The molecule has 0 saturated carbocycles. The molecule has 116 valence electrons. The third kappa shape index (κ3) is 3.27. The number of benzene rings is 2. The van der Waals surface area contributed by atoms with Gasteiger partial charge in [0.15, 0.2) is 0 Å². The SMILES string of the molecule is Cn1ccnc1C(NC(=O)c1ccccc1Cl)c1ccccc1. The van der Waals surface area contributed by atoms with Crippen LogP contribution in [-0.2, 0) is 7.05 Å². The van der Waals surface area contributed by atoms with Crippen LogP contribution in [0.5, 0.6) is 0 Å². The third-order valence-electron chi connectivity index (χ3n) is 3.64. The van der Waals surface area contributed by atoms with Gasteiger partial charge in [-0.1, -0.05) is 54.1 Å². The Morgan fingerprint density at radius 2 is 1.83 bits per heavy atom. The zero-order valence-corrected chi connectivity index (χ0v) is 13.4. The smallest absolute Gasteiger partial charge is 0.253 e. The minimum Gasteiger partial charge on any atom is -0.338 e. The molecule has 4 nitrogen and oxygen atoms in total. The first-order valence-corrected chi connectivity index (χ1v) is 7.62. The molecule has 0 aliphatic rings. The van der Waals surface area contributed by atoms with Crippen molar-refractivity contribution in [1.82, 2.24) is 14.9 Å². The van der Waals surface area contributed by atoms with Crippen molar-refractivity contribution in [2.45, 2.75) is 6.04 Å². The van der Waals surface area contributed by atoms with E-state index in [0.29, 0.717) is 10.6 Å². The van der Waals surface area contributed by atoms with Crippen LogP contribution in [0.1, 0.15) is 27.8 Å². The Balaban J connectivity index is 1.96. The molecule has 0 aliphatic carbocycles. The molecule has 0 radical (unpaired) electrons. The van der Waals surface area contributed by atoms with Gasteiger partial charge in [-0.2, -0.15) is 0 Å². The molecule has 1 heterocycles. The lowest BCUT2D eigenvalue weighted by molar-refractivity contribution is 0.0941. The molecule has 1 atom stereocenters. The van der Waals surface area contributed by atoms with Crippen LogP contribution < -0.4 is 5.32 Å². The van der Waals surface area contributed by atoms with Crippen molar-refractivity contribution in [2.24, 2.45) is 7.05 Å². The van der Waals surface area contributed by atoms with E-state index in [-0.39, 0.29) is 11.9 Å². The highest BCUT2D eigenvalue weighted by atomic mass is 35.5. The van der Waals surface area contributed by atoms with Crippen LogP contribution in [0.4, 0.5) is 0 Å². The van der Waals surface area contributed by atoms with Gasteiger partial charge in [0.05, 0.1) is 10.6 Å². The quantitative estimate of drug-likeness (QED) is 0.796. The molecule has 2 aromatic carbocycles. The standard InChI is InChI=1S/C18H16ClN3O/c1-22-12-11-20-17(22)16(13-7-3-2-4-8-13)21-18(23)14-9-5-6-10-15(14)19/h2-12,16H,1H3,(H,21,23). The fourth-order valence-corrected chi connectivity index (χ4v) is 2.67. The van der Waals surface area contributed by atoms with Gasteiger partial charge in [0, 0.05) is 19.4 Å². The minimum absolute atomic E-state index is 0.229. The predicted octanol–water partition coefficient (Wildman–Crippen LogP) is 3.59. The fraction of sp³-hybridized carbons (Fsp3) is 0.111. The Labute approximate surface area is 139 Å². The minimum atomic E-state index is -0.347. The van der Waals surface area contributed by atoms with Gasteiger partial charge >= 0.3 is 0 Å². The monoisotopic (exact) mass is 325 g/mol. The number of rotatable bonds is 4. The molecule has 3 rings (SSSR count). The summed E-state index contributed by atoms with van der Waals surface area (Å²) in [6.07, 6.45) is 3.57. The summed E-state index contributed by atoms with van der Waals surface area (Å²) in [5, 5.41) is 3.45. The Morgan fingerprint density at radius 3 is 2.48 bits per heavy atom. The van der Waals surface area contributed by atoms with Crippen molar-refractivity contribution in [1.29, 1.82) is 0 Å². The van der Waals surface area contributed by atoms with Crippen molar-refractivity contribution >= 4 is 17.5 Å². The van der Waals surface area contributed by atoms with E-state index in [2.05, 4.69) is 10.3 Å². The number of aryl methyl sites for hydroxylation is 1. The highest BCUT2D eigenvalue weighted by Gasteiger charge is 2.22. The molecule has 5 heteroatoms. The van der Waals surface area contributed by atoms with Crippen LogP contribution in [0.2, 0.25) is 5.02 Å². The molecular weight excluding hydrogens is 310 g/mol. The lowest BCUT2D eigenvalue weighted by Gasteiger charge is -2.19. The fourth-order valence-electron chi connectivity index (χ4n) is 2.45. The number of hydrogen-bond donors (Lipinski definition) is 1. The molecular formula is C18H16ClN3O. The zero-order valence-electron chi connectivity index (χ0n) is 12.6. The summed E-state index contributed by atoms with van der Waals surface area (Å²) < 4.78 is 1.89. The van der Waals surface area contributed by atoms with Gasteiger partial charge in [-0.3, -0.25) is 4.79 Å². The van der Waals surface area contributed by atoms with Gasteiger partial charge in [-0.05, 0) is 17.7 Å². The van der Waals surface area contributed by atoms with E-state index in [1.807, 2.05) is 48.1 Å². The van der Waals surface area contributed by atoms with E-state index in [1.54, 1.807) is 30.5 Å². The van der Waals surface area contributed by atoms with Crippen molar-refractivity contribution in [3.8, 4) is 0 Å². The van der Waals surface area contributed by atoms with Gasteiger partial charge in [0.2, 0.25) is 0 Å². The highest BCUT2D eigenvalue weighted by Crippen LogP contribution is 2.22.